The average Bonchev–Trinajstić information content (AvgIpc) is 2.61. The van der Waals surface area contributed by atoms with Gasteiger partial charge in [-0.25, -0.2) is 21.6 Å². The van der Waals surface area contributed by atoms with Crippen molar-refractivity contribution in [3.05, 3.63) is 54.1 Å². The highest BCUT2D eigenvalue weighted by Crippen LogP contribution is 2.35. The number of anilines is 1. The lowest BCUT2D eigenvalue weighted by molar-refractivity contribution is -0.0435. The fourth-order valence-electron chi connectivity index (χ4n) is 2.33. The lowest BCUT2D eigenvalue weighted by Crippen LogP contribution is -2.24. The van der Waals surface area contributed by atoms with Gasteiger partial charge in [0.15, 0.2) is 0 Å². The quantitative estimate of drug-likeness (QED) is 0.747. The Bertz CT molecular complexity index is 1040. The van der Waals surface area contributed by atoms with Crippen molar-refractivity contribution in [2.75, 3.05) is 12.4 Å². The number of alkyl halides is 3. The van der Waals surface area contributed by atoms with Gasteiger partial charge in [-0.2, -0.15) is 13.2 Å². The van der Waals surface area contributed by atoms with Gasteiger partial charge in [0.2, 0.25) is 10.0 Å². The number of benzene rings is 2. The first-order valence-corrected chi connectivity index (χ1v) is 10.6. The lowest BCUT2D eigenvalue weighted by Gasteiger charge is -2.19. The van der Waals surface area contributed by atoms with Gasteiger partial charge in [-0.15, -0.1) is 0 Å². The molecule has 0 aromatic heterocycles. The molecule has 1 unspecified atom stereocenters. The first kappa shape index (κ1) is 21.2. The first-order chi connectivity index (χ1) is 12.4. The van der Waals surface area contributed by atoms with Crippen LogP contribution in [0.4, 0.5) is 18.9 Å². The van der Waals surface area contributed by atoms with E-state index in [1.807, 2.05) is 0 Å². The van der Waals surface area contributed by atoms with Crippen LogP contribution in [0.3, 0.4) is 0 Å². The van der Waals surface area contributed by atoms with E-state index >= 15 is 0 Å². The maximum Gasteiger partial charge on any atom is 0.501 e. The molecule has 0 amide bonds. The van der Waals surface area contributed by atoms with Crippen molar-refractivity contribution in [3.8, 4) is 0 Å². The molecule has 0 radical (unpaired) electrons. The normalized spacial score (nSPS) is 14.0. The van der Waals surface area contributed by atoms with Crippen LogP contribution in [-0.2, 0) is 19.9 Å². The smallest absolute Gasteiger partial charge is 0.377 e. The Balaban J connectivity index is 2.41. The molecule has 0 aliphatic carbocycles. The van der Waals surface area contributed by atoms with Crippen molar-refractivity contribution in [3.63, 3.8) is 0 Å². The molecule has 1 atom stereocenters. The Labute approximate surface area is 155 Å². The largest absolute Gasteiger partial charge is 0.501 e. The molecule has 0 saturated heterocycles. The topological polar surface area (TPSA) is 92.3 Å². The van der Waals surface area contributed by atoms with Gasteiger partial charge >= 0.3 is 5.51 Å². The van der Waals surface area contributed by atoms with Crippen molar-refractivity contribution in [1.29, 1.82) is 0 Å². The number of para-hydroxylation sites is 1. The third-order valence-electron chi connectivity index (χ3n) is 3.79. The minimum absolute atomic E-state index is 0.0210. The van der Waals surface area contributed by atoms with E-state index in [-0.39, 0.29) is 10.6 Å². The zero-order chi connectivity index (χ0) is 20.5. The summed E-state index contributed by atoms with van der Waals surface area (Å²) in [4.78, 5) is -0.921. The zero-order valence-electron chi connectivity index (χ0n) is 14.3. The summed E-state index contributed by atoms with van der Waals surface area (Å²) in [6.45, 7) is 1.57. The van der Waals surface area contributed by atoms with E-state index in [2.05, 4.69) is 10.0 Å². The predicted molar refractivity (Wildman–Crippen MR) is 94.4 cm³/mol. The second kappa shape index (κ2) is 7.49. The van der Waals surface area contributed by atoms with E-state index in [1.165, 1.54) is 43.4 Å². The van der Waals surface area contributed by atoms with Crippen molar-refractivity contribution in [2.45, 2.75) is 28.3 Å². The molecule has 2 aromatic rings. The van der Waals surface area contributed by atoms with Gasteiger partial charge in [-0.05, 0) is 43.8 Å². The van der Waals surface area contributed by atoms with Crippen LogP contribution in [0.5, 0.6) is 0 Å². The maximum absolute atomic E-state index is 12.9. The maximum atomic E-state index is 12.9. The third-order valence-corrected chi connectivity index (χ3v) is 6.75. The van der Waals surface area contributed by atoms with E-state index in [0.29, 0.717) is 5.56 Å². The van der Waals surface area contributed by atoms with Gasteiger partial charge in [0.25, 0.3) is 9.84 Å². The standard InChI is InChI=1S/C16H17F3N2O4S2/c1-11(12-6-5-7-13(10-12)27(24,25)20-2)21-14-8-3-4-9-15(14)26(22,23)16(17,18)19/h3-11,20-21H,1-2H3. The Morgan fingerprint density at radius 1 is 0.963 bits per heavy atom. The molecule has 0 saturated carbocycles. The Morgan fingerprint density at radius 2 is 1.59 bits per heavy atom. The summed E-state index contributed by atoms with van der Waals surface area (Å²) < 4.78 is 88.2. The number of hydrogen-bond donors (Lipinski definition) is 2. The zero-order valence-corrected chi connectivity index (χ0v) is 15.9. The summed E-state index contributed by atoms with van der Waals surface area (Å²) in [5.41, 5.74) is -5.22. The van der Waals surface area contributed by atoms with E-state index < -0.39 is 36.3 Å². The third kappa shape index (κ3) is 4.42. The van der Waals surface area contributed by atoms with Crippen LogP contribution < -0.4 is 10.0 Å². The fraction of sp³-hybridized carbons (Fsp3) is 0.250. The fourth-order valence-corrected chi connectivity index (χ4v) is 4.04. The summed E-state index contributed by atoms with van der Waals surface area (Å²) in [6, 6.07) is 9.77. The van der Waals surface area contributed by atoms with E-state index in [1.54, 1.807) is 13.0 Å². The molecule has 0 aliphatic rings. The van der Waals surface area contributed by atoms with Crippen LogP contribution in [0.15, 0.2) is 58.3 Å². The Kier molecular flexibility index (Phi) is 5.88. The molecule has 2 rings (SSSR count). The van der Waals surface area contributed by atoms with Gasteiger partial charge in [-0.3, -0.25) is 0 Å². The second-order valence-electron chi connectivity index (χ2n) is 5.59. The summed E-state index contributed by atoms with van der Waals surface area (Å²) in [5, 5.41) is 2.71. The van der Waals surface area contributed by atoms with Crippen LogP contribution in [-0.4, -0.2) is 29.4 Å². The lowest BCUT2D eigenvalue weighted by atomic mass is 10.1. The van der Waals surface area contributed by atoms with Crippen LogP contribution in [0, 0.1) is 0 Å². The SMILES string of the molecule is CNS(=O)(=O)c1cccc(C(C)Nc2ccccc2S(=O)(=O)C(F)(F)F)c1. The van der Waals surface area contributed by atoms with E-state index in [0.717, 1.165) is 6.07 Å². The summed E-state index contributed by atoms with van der Waals surface area (Å²) in [5.74, 6) is 0. The summed E-state index contributed by atoms with van der Waals surface area (Å²) >= 11 is 0. The molecule has 0 heterocycles. The predicted octanol–water partition coefficient (Wildman–Crippen LogP) is 3.06. The van der Waals surface area contributed by atoms with Crippen molar-refractivity contribution in [2.24, 2.45) is 0 Å². The average molecular weight is 422 g/mol. The van der Waals surface area contributed by atoms with Crippen LogP contribution in [0.1, 0.15) is 18.5 Å². The highest BCUT2D eigenvalue weighted by Gasteiger charge is 2.48. The van der Waals surface area contributed by atoms with Gasteiger partial charge in [0.1, 0.15) is 0 Å². The molecule has 148 valence electrons. The number of sulfone groups is 1. The van der Waals surface area contributed by atoms with E-state index in [4.69, 9.17) is 0 Å². The van der Waals surface area contributed by atoms with Crippen LogP contribution >= 0.6 is 0 Å². The number of sulfonamides is 1. The van der Waals surface area contributed by atoms with Gasteiger partial charge in [0.05, 0.1) is 15.5 Å². The molecule has 0 spiro atoms. The highest BCUT2D eigenvalue weighted by molar-refractivity contribution is 7.92. The van der Waals surface area contributed by atoms with Crippen LogP contribution in [0.2, 0.25) is 0 Å². The Morgan fingerprint density at radius 3 is 2.19 bits per heavy atom. The molecular formula is C16H17F3N2O4S2. The summed E-state index contributed by atoms with van der Waals surface area (Å²) in [7, 11) is -7.99. The second-order valence-corrected chi connectivity index (χ2v) is 9.39. The minimum Gasteiger partial charge on any atom is -0.377 e. The monoisotopic (exact) mass is 422 g/mol. The molecule has 2 aromatic carbocycles. The van der Waals surface area contributed by atoms with Crippen LogP contribution in [0.25, 0.3) is 0 Å². The minimum atomic E-state index is -5.54. The molecule has 0 aliphatic heterocycles. The van der Waals surface area contributed by atoms with Gasteiger partial charge < -0.3 is 5.32 Å². The molecule has 6 nitrogen and oxygen atoms in total. The molecule has 0 bridgehead atoms. The number of halogens is 3. The molecule has 0 fully saturated rings. The Hall–Kier alpha value is -2.11. The van der Waals surface area contributed by atoms with Crippen molar-refractivity contribution in [1.82, 2.24) is 4.72 Å². The first-order valence-electron chi connectivity index (χ1n) is 7.60. The molecule has 11 heteroatoms. The number of hydrogen-bond acceptors (Lipinski definition) is 5. The van der Waals surface area contributed by atoms with E-state index in [9.17, 15) is 30.0 Å². The molecule has 27 heavy (non-hydrogen) atoms. The van der Waals surface area contributed by atoms with Crippen molar-refractivity contribution >= 4 is 25.5 Å². The highest BCUT2D eigenvalue weighted by atomic mass is 32.2. The van der Waals surface area contributed by atoms with Gasteiger partial charge in [-0.1, -0.05) is 24.3 Å². The number of nitrogens with one attached hydrogen (secondary N) is 2. The number of rotatable bonds is 6. The van der Waals surface area contributed by atoms with Gasteiger partial charge in [0, 0.05) is 6.04 Å². The molecular weight excluding hydrogens is 405 g/mol. The van der Waals surface area contributed by atoms with Crippen molar-refractivity contribution < 1.29 is 30.0 Å². The molecule has 2 N–H and O–H groups in total. The summed E-state index contributed by atoms with van der Waals surface area (Å²) in [6.07, 6.45) is 0.